The maximum atomic E-state index is 13.7. The van der Waals surface area contributed by atoms with E-state index in [2.05, 4.69) is 36.2 Å². The predicted octanol–water partition coefficient (Wildman–Crippen LogP) is 2.89. The van der Waals surface area contributed by atoms with Crippen molar-refractivity contribution in [3.8, 4) is 0 Å². The number of carbonyl (C=O) groups is 1. The quantitative estimate of drug-likeness (QED) is 0.854. The number of rotatable bonds is 4. The van der Waals surface area contributed by atoms with Gasteiger partial charge in [-0.15, -0.1) is 0 Å². The Morgan fingerprint density at radius 1 is 1.41 bits per heavy atom. The van der Waals surface area contributed by atoms with E-state index in [1.54, 1.807) is 29.9 Å². The molecule has 1 aliphatic rings. The van der Waals surface area contributed by atoms with Crippen LogP contribution in [0, 0.1) is 5.41 Å². The molecule has 9 heteroatoms. The molecule has 2 aromatic rings. The van der Waals surface area contributed by atoms with Crippen LogP contribution < -0.4 is 11.1 Å². The van der Waals surface area contributed by atoms with Gasteiger partial charge in [-0.3, -0.25) is 0 Å². The summed E-state index contributed by atoms with van der Waals surface area (Å²) in [7, 11) is 0. The normalized spacial score (nSPS) is 19.8. The van der Waals surface area contributed by atoms with Crippen molar-refractivity contribution in [2.75, 3.05) is 13.1 Å². The number of nitrogens with two attached hydrogens (primary N) is 1. The van der Waals surface area contributed by atoms with E-state index in [4.69, 9.17) is 5.73 Å². The number of hydrogen-bond donors (Lipinski definition) is 2. The molecule has 2 amide bonds. The number of carbonyl (C=O) groups excluding carboxylic acids is 1. The average molecular weight is 380 g/mol. The number of alkyl halides is 2. The minimum absolute atomic E-state index is 0.0647. The predicted molar refractivity (Wildman–Crippen MR) is 97.5 cm³/mol. The molecule has 0 spiro atoms. The molecular weight excluding hydrogens is 354 g/mol. The molecule has 0 unspecified atom stereocenters. The topological polar surface area (TPSA) is 88.6 Å². The second-order valence-electron chi connectivity index (χ2n) is 8.45. The number of nitrogens with one attached hydrogen (secondary N) is 1. The molecular formula is C18H26F2N6O. The molecule has 2 aromatic heterocycles. The largest absolute Gasteiger partial charge is 0.332 e. The van der Waals surface area contributed by atoms with E-state index in [1.165, 1.54) is 0 Å². The second kappa shape index (κ2) is 6.70. The highest BCUT2D eigenvalue weighted by Crippen LogP contribution is 2.29. The van der Waals surface area contributed by atoms with Crippen molar-refractivity contribution < 1.29 is 13.6 Å². The fraction of sp³-hybridized carbons (Fsp3) is 0.611. The Labute approximate surface area is 156 Å². The number of amides is 2. The maximum absolute atomic E-state index is 13.7. The van der Waals surface area contributed by atoms with Crippen molar-refractivity contribution in [3.05, 3.63) is 29.7 Å². The zero-order valence-electron chi connectivity index (χ0n) is 16.0. The molecule has 27 heavy (non-hydrogen) atoms. The van der Waals surface area contributed by atoms with Gasteiger partial charge in [-0.25, -0.2) is 23.1 Å². The van der Waals surface area contributed by atoms with Crippen LogP contribution in [0.5, 0.6) is 0 Å². The van der Waals surface area contributed by atoms with E-state index in [0.29, 0.717) is 11.2 Å². The minimum Gasteiger partial charge on any atom is -0.332 e. The first-order valence-corrected chi connectivity index (χ1v) is 8.98. The number of urea groups is 1. The van der Waals surface area contributed by atoms with Gasteiger partial charge in [-0.05, 0) is 30.4 Å². The van der Waals surface area contributed by atoms with Crippen LogP contribution in [0.2, 0.25) is 0 Å². The van der Waals surface area contributed by atoms with E-state index in [1.807, 2.05) is 0 Å². The highest BCUT2D eigenvalue weighted by Gasteiger charge is 2.41. The highest BCUT2D eigenvalue weighted by atomic mass is 19.3. The number of imidazole rings is 1. The molecule has 3 rings (SSSR count). The zero-order valence-corrected chi connectivity index (χ0v) is 16.0. The minimum atomic E-state index is -2.96. The van der Waals surface area contributed by atoms with Gasteiger partial charge >= 0.3 is 6.03 Å². The summed E-state index contributed by atoms with van der Waals surface area (Å²) in [6, 6.07) is 0.464. The Morgan fingerprint density at radius 3 is 2.78 bits per heavy atom. The van der Waals surface area contributed by atoms with Crippen LogP contribution in [0.15, 0.2) is 18.5 Å². The maximum Gasteiger partial charge on any atom is 0.318 e. The Balaban J connectivity index is 1.84. The van der Waals surface area contributed by atoms with Gasteiger partial charge in [0.2, 0.25) is 0 Å². The van der Waals surface area contributed by atoms with E-state index in [9.17, 15) is 13.6 Å². The van der Waals surface area contributed by atoms with Crippen molar-refractivity contribution in [2.45, 2.75) is 52.1 Å². The number of hydrogen-bond acceptors (Lipinski definition) is 4. The zero-order chi connectivity index (χ0) is 20.0. The van der Waals surface area contributed by atoms with Crippen molar-refractivity contribution >= 4 is 11.7 Å². The average Bonchev–Trinajstić information content (AvgIpc) is 2.98. The molecule has 0 saturated carbocycles. The summed E-state index contributed by atoms with van der Waals surface area (Å²) in [5.74, 6) is -2.96. The fourth-order valence-electron chi connectivity index (χ4n) is 3.26. The van der Waals surface area contributed by atoms with Gasteiger partial charge in [0.15, 0.2) is 5.65 Å². The lowest BCUT2D eigenvalue weighted by atomic mass is 9.87. The van der Waals surface area contributed by atoms with Crippen molar-refractivity contribution in [1.82, 2.24) is 24.8 Å². The summed E-state index contributed by atoms with van der Waals surface area (Å²) in [5.41, 5.74) is 8.26. The summed E-state index contributed by atoms with van der Waals surface area (Å²) >= 11 is 0. The van der Waals surface area contributed by atoms with E-state index in [-0.39, 0.29) is 11.5 Å². The molecule has 1 aliphatic heterocycles. The van der Waals surface area contributed by atoms with E-state index < -0.39 is 31.1 Å². The lowest BCUT2D eigenvalue weighted by Crippen LogP contribution is -2.57. The van der Waals surface area contributed by atoms with Crippen LogP contribution in [-0.4, -0.2) is 44.5 Å². The molecule has 0 bridgehead atoms. The first kappa shape index (κ1) is 19.5. The number of fused-ring (bicyclic) bond motifs is 1. The molecule has 148 valence electrons. The summed E-state index contributed by atoms with van der Waals surface area (Å²) in [6.07, 6.45) is 4.11. The molecule has 1 saturated heterocycles. The van der Waals surface area contributed by atoms with E-state index >= 15 is 0 Å². The number of nitrogens with zero attached hydrogens (tertiary/aromatic N) is 4. The van der Waals surface area contributed by atoms with Crippen LogP contribution in [0.4, 0.5) is 13.6 Å². The number of aromatic nitrogens is 3. The molecule has 3 heterocycles. The van der Waals surface area contributed by atoms with Gasteiger partial charge < -0.3 is 16.0 Å². The second-order valence-corrected chi connectivity index (χ2v) is 8.45. The highest BCUT2D eigenvalue weighted by molar-refractivity contribution is 5.76. The van der Waals surface area contributed by atoms with Gasteiger partial charge in [0.25, 0.3) is 5.92 Å². The standard InChI is InChI=1S/C18H26F2N6O/c1-11(25-10-18(19,20)9-22-16(25)27)12-5-15-24-14(8-26(15)23-7-12)13(21)6-17(2,3)4/h5,7-8,11,13H,6,9-10,21H2,1-4H3,(H,22,27)/t11-,13+/m1/s1. The smallest absolute Gasteiger partial charge is 0.318 e. The van der Waals surface area contributed by atoms with E-state index in [0.717, 1.165) is 17.0 Å². The third-order valence-corrected chi connectivity index (χ3v) is 4.68. The third-order valence-electron chi connectivity index (χ3n) is 4.68. The van der Waals surface area contributed by atoms with Gasteiger partial charge in [-0.2, -0.15) is 5.10 Å². The van der Waals surface area contributed by atoms with Crippen LogP contribution in [0.3, 0.4) is 0 Å². The Kier molecular flexibility index (Phi) is 4.83. The fourth-order valence-corrected chi connectivity index (χ4v) is 3.26. The Hall–Kier alpha value is -2.29. The van der Waals surface area contributed by atoms with Gasteiger partial charge in [0.1, 0.15) is 0 Å². The van der Waals surface area contributed by atoms with Gasteiger partial charge in [-0.1, -0.05) is 20.8 Å². The van der Waals surface area contributed by atoms with Crippen LogP contribution in [0.25, 0.3) is 5.65 Å². The van der Waals surface area contributed by atoms with Crippen molar-refractivity contribution in [1.29, 1.82) is 0 Å². The molecule has 0 aromatic carbocycles. The lowest BCUT2D eigenvalue weighted by Gasteiger charge is -2.36. The van der Waals surface area contributed by atoms with Crippen LogP contribution >= 0.6 is 0 Å². The Morgan fingerprint density at radius 2 is 2.11 bits per heavy atom. The summed E-state index contributed by atoms with van der Waals surface area (Å²) in [6.45, 7) is 6.77. The Bertz CT molecular complexity index is 844. The van der Waals surface area contributed by atoms with Gasteiger partial charge in [0.05, 0.1) is 37.2 Å². The molecule has 7 nitrogen and oxygen atoms in total. The van der Waals surface area contributed by atoms with Crippen molar-refractivity contribution in [2.24, 2.45) is 11.1 Å². The summed E-state index contributed by atoms with van der Waals surface area (Å²) < 4.78 is 29.0. The molecule has 0 aliphatic carbocycles. The molecule has 3 N–H and O–H groups in total. The molecule has 2 atom stereocenters. The summed E-state index contributed by atoms with van der Waals surface area (Å²) in [4.78, 5) is 17.7. The molecule has 1 fully saturated rings. The monoisotopic (exact) mass is 380 g/mol. The number of halogens is 2. The first-order valence-electron chi connectivity index (χ1n) is 8.98. The first-order chi connectivity index (χ1) is 12.5. The van der Waals surface area contributed by atoms with Crippen LogP contribution in [-0.2, 0) is 0 Å². The SMILES string of the molecule is C[C@H](c1cnn2cc([C@@H](N)CC(C)(C)C)nc2c1)N1CC(F)(F)CNC1=O. The lowest BCUT2D eigenvalue weighted by molar-refractivity contribution is -0.0428. The molecule has 0 radical (unpaired) electrons. The van der Waals surface area contributed by atoms with Crippen molar-refractivity contribution in [3.63, 3.8) is 0 Å². The van der Waals surface area contributed by atoms with Gasteiger partial charge in [0, 0.05) is 6.04 Å². The summed E-state index contributed by atoms with van der Waals surface area (Å²) in [5, 5.41) is 6.54. The third kappa shape index (κ3) is 4.35. The van der Waals surface area contributed by atoms with Crippen LogP contribution in [0.1, 0.15) is 57.5 Å².